The maximum absolute atomic E-state index is 9.46. The van der Waals surface area contributed by atoms with Crippen LogP contribution in [-0.4, -0.2) is 9.38 Å². The largest absolute Gasteiger partial charge is 0.281 e. The number of nitriles is 1. The standard InChI is InChI=1S/C16H12ClN3/c1-9(2)14-10(3)11(8-18)16-19-12-6-4-5-7-13(12)20(16)15(14)17/h4-7H,1H2,2-3H3. The van der Waals surface area contributed by atoms with Crippen LogP contribution in [0.1, 0.15) is 23.6 Å². The molecule has 4 heteroatoms. The molecule has 0 unspecified atom stereocenters. The molecule has 0 radical (unpaired) electrons. The molecule has 2 heterocycles. The summed E-state index contributed by atoms with van der Waals surface area (Å²) in [7, 11) is 0. The Balaban J connectivity index is 2.67. The number of nitrogens with zero attached hydrogens (tertiary/aromatic N) is 3. The average molecular weight is 282 g/mol. The average Bonchev–Trinajstić information content (AvgIpc) is 2.78. The minimum Gasteiger partial charge on any atom is -0.281 e. The van der Waals surface area contributed by atoms with Crippen LogP contribution >= 0.6 is 11.6 Å². The van der Waals surface area contributed by atoms with Crippen LogP contribution in [0.25, 0.3) is 22.3 Å². The van der Waals surface area contributed by atoms with E-state index in [9.17, 15) is 5.26 Å². The van der Waals surface area contributed by atoms with Gasteiger partial charge in [0.15, 0.2) is 5.65 Å². The van der Waals surface area contributed by atoms with Gasteiger partial charge >= 0.3 is 0 Å². The Morgan fingerprint density at radius 2 is 2.10 bits per heavy atom. The number of rotatable bonds is 1. The van der Waals surface area contributed by atoms with Gasteiger partial charge in [0.1, 0.15) is 11.2 Å². The molecule has 0 atom stereocenters. The summed E-state index contributed by atoms with van der Waals surface area (Å²) in [6.07, 6.45) is 0. The van der Waals surface area contributed by atoms with Gasteiger partial charge in [-0.1, -0.05) is 30.3 Å². The van der Waals surface area contributed by atoms with Gasteiger partial charge in [0, 0.05) is 5.56 Å². The number of imidazole rings is 1. The summed E-state index contributed by atoms with van der Waals surface area (Å²) in [4.78, 5) is 4.53. The van der Waals surface area contributed by atoms with Crippen LogP contribution < -0.4 is 0 Å². The fourth-order valence-electron chi connectivity index (χ4n) is 2.58. The SMILES string of the molecule is C=C(C)c1c(C)c(C#N)c2nc3ccccc3n2c1Cl. The molecule has 0 aliphatic carbocycles. The second-order valence-electron chi connectivity index (χ2n) is 4.82. The molecule has 0 spiro atoms. The molecule has 0 aliphatic rings. The van der Waals surface area contributed by atoms with Crippen molar-refractivity contribution in [2.75, 3.05) is 0 Å². The van der Waals surface area contributed by atoms with Crippen molar-refractivity contribution in [3.63, 3.8) is 0 Å². The normalized spacial score (nSPS) is 10.9. The van der Waals surface area contributed by atoms with E-state index < -0.39 is 0 Å². The van der Waals surface area contributed by atoms with Crippen LogP contribution in [0.5, 0.6) is 0 Å². The fourth-order valence-corrected chi connectivity index (χ4v) is 3.06. The first kappa shape index (κ1) is 12.7. The Morgan fingerprint density at radius 3 is 2.75 bits per heavy atom. The monoisotopic (exact) mass is 281 g/mol. The first-order valence-corrected chi connectivity index (χ1v) is 6.59. The maximum atomic E-state index is 9.46. The Bertz CT molecular complexity index is 913. The summed E-state index contributed by atoms with van der Waals surface area (Å²) < 4.78 is 1.83. The van der Waals surface area contributed by atoms with Crippen molar-refractivity contribution in [2.24, 2.45) is 0 Å². The lowest BCUT2D eigenvalue weighted by molar-refractivity contribution is 1.17. The molecule has 3 aromatic rings. The molecule has 3 rings (SSSR count). The fraction of sp³-hybridized carbons (Fsp3) is 0.125. The van der Waals surface area contributed by atoms with Gasteiger partial charge in [0.2, 0.25) is 0 Å². The molecule has 0 N–H and O–H groups in total. The summed E-state index contributed by atoms with van der Waals surface area (Å²) >= 11 is 6.54. The minimum absolute atomic E-state index is 0.545. The quantitative estimate of drug-likeness (QED) is 0.622. The molecule has 20 heavy (non-hydrogen) atoms. The highest BCUT2D eigenvalue weighted by atomic mass is 35.5. The molecule has 1 aromatic carbocycles. The number of halogens is 1. The number of fused-ring (bicyclic) bond motifs is 3. The van der Waals surface area contributed by atoms with Crippen molar-refractivity contribution in [3.05, 3.63) is 52.7 Å². The highest BCUT2D eigenvalue weighted by molar-refractivity contribution is 6.32. The predicted molar refractivity (Wildman–Crippen MR) is 81.9 cm³/mol. The van der Waals surface area contributed by atoms with E-state index in [1.165, 1.54) is 0 Å². The summed E-state index contributed by atoms with van der Waals surface area (Å²) in [5.41, 5.74) is 5.34. The molecule has 0 bridgehead atoms. The first-order valence-electron chi connectivity index (χ1n) is 6.21. The van der Waals surface area contributed by atoms with Gasteiger partial charge in [-0.15, -0.1) is 0 Å². The third-order valence-corrected chi connectivity index (χ3v) is 3.83. The molecule has 0 saturated heterocycles. The molecule has 98 valence electrons. The number of hydrogen-bond donors (Lipinski definition) is 0. The van der Waals surface area contributed by atoms with Crippen molar-refractivity contribution < 1.29 is 0 Å². The van der Waals surface area contributed by atoms with Crippen LogP contribution in [0, 0.1) is 18.3 Å². The van der Waals surface area contributed by atoms with Crippen molar-refractivity contribution >= 4 is 33.9 Å². The van der Waals surface area contributed by atoms with Gasteiger partial charge in [0.05, 0.1) is 16.6 Å². The van der Waals surface area contributed by atoms with Gasteiger partial charge in [-0.2, -0.15) is 5.26 Å². The summed E-state index contributed by atoms with van der Waals surface area (Å²) in [6.45, 7) is 7.74. The Hall–Kier alpha value is -2.31. The lowest BCUT2D eigenvalue weighted by atomic mass is 10.0. The van der Waals surface area contributed by atoms with Crippen LogP contribution in [0.2, 0.25) is 5.15 Å². The van der Waals surface area contributed by atoms with Crippen molar-refractivity contribution in [2.45, 2.75) is 13.8 Å². The highest BCUT2D eigenvalue weighted by Gasteiger charge is 2.19. The van der Waals surface area contributed by atoms with Gasteiger partial charge in [-0.05, 0) is 37.1 Å². The Morgan fingerprint density at radius 1 is 1.40 bits per heavy atom. The zero-order valence-electron chi connectivity index (χ0n) is 11.2. The minimum atomic E-state index is 0.545. The van der Waals surface area contributed by atoms with Crippen LogP contribution in [-0.2, 0) is 0 Å². The Labute approximate surface area is 121 Å². The van der Waals surface area contributed by atoms with Crippen molar-refractivity contribution in [3.8, 4) is 6.07 Å². The summed E-state index contributed by atoms with van der Waals surface area (Å²) in [6, 6.07) is 9.94. The van der Waals surface area contributed by atoms with E-state index in [4.69, 9.17) is 11.6 Å². The number of para-hydroxylation sites is 2. The zero-order valence-corrected chi connectivity index (χ0v) is 12.0. The van der Waals surface area contributed by atoms with Crippen LogP contribution in [0.15, 0.2) is 30.8 Å². The molecule has 2 aromatic heterocycles. The van der Waals surface area contributed by atoms with E-state index in [0.717, 1.165) is 27.7 Å². The zero-order chi connectivity index (χ0) is 14.4. The number of allylic oxidation sites excluding steroid dienone is 1. The maximum Gasteiger partial charge on any atom is 0.157 e. The lowest BCUT2D eigenvalue weighted by Gasteiger charge is -2.12. The topological polar surface area (TPSA) is 41.1 Å². The molecule has 0 saturated carbocycles. The van der Waals surface area contributed by atoms with E-state index in [1.54, 1.807) is 0 Å². The van der Waals surface area contributed by atoms with Gasteiger partial charge in [-0.3, -0.25) is 4.40 Å². The molecular formula is C16H12ClN3. The third-order valence-electron chi connectivity index (χ3n) is 3.48. The van der Waals surface area contributed by atoms with Crippen molar-refractivity contribution in [1.82, 2.24) is 9.38 Å². The van der Waals surface area contributed by atoms with E-state index >= 15 is 0 Å². The molecular weight excluding hydrogens is 270 g/mol. The van der Waals surface area contributed by atoms with Crippen molar-refractivity contribution in [1.29, 1.82) is 5.26 Å². The van der Waals surface area contributed by atoms with E-state index in [1.807, 2.05) is 42.5 Å². The molecule has 0 fully saturated rings. The number of hydrogen-bond acceptors (Lipinski definition) is 2. The van der Waals surface area contributed by atoms with Crippen LogP contribution in [0.4, 0.5) is 0 Å². The Kier molecular flexibility index (Phi) is 2.77. The smallest absolute Gasteiger partial charge is 0.157 e. The van der Waals surface area contributed by atoms with E-state index in [-0.39, 0.29) is 0 Å². The highest BCUT2D eigenvalue weighted by Crippen LogP contribution is 2.33. The molecule has 0 aliphatic heterocycles. The second kappa shape index (κ2) is 4.36. The summed E-state index contributed by atoms with van der Waals surface area (Å²) in [5, 5.41) is 10.0. The van der Waals surface area contributed by atoms with Gasteiger partial charge in [-0.25, -0.2) is 4.98 Å². The lowest BCUT2D eigenvalue weighted by Crippen LogP contribution is -2.00. The van der Waals surface area contributed by atoms with Gasteiger partial charge in [0.25, 0.3) is 0 Å². The third kappa shape index (κ3) is 1.55. The second-order valence-corrected chi connectivity index (χ2v) is 5.18. The molecule has 0 amide bonds. The van der Waals surface area contributed by atoms with Crippen LogP contribution in [0.3, 0.4) is 0 Å². The predicted octanol–water partition coefficient (Wildman–Crippen LogP) is 4.35. The number of benzene rings is 1. The molecule has 3 nitrogen and oxygen atoms in total. The number of aromatic nitrogens is 2. The summed E-state index contributed by atoms with van der Waals surface area (Å²) in [5.74, 6) is 0. The number of pyridine rings is 1. The first-order chi connectivity index (χ1) is 9.56. The van der Waals surface area contributed by atoms with Gasteiger partial charge < -0.3 is 0 Å². The van der Waals surface area contributed by atoms with E-state index in [0.29, 0.717) is 16.4 Å². The van der Waals surface area contributed by atoms with E-state index in [2.05, 4.69) is 17.6 Å².